The van der Waals surface area contributed by atoms with Crippen LogP contribution < -0.4 is 0 Å². The molecule has 1 heterocycles. The van der Waals surface area contributed by atoms with Gasteiger partial charge in [0, 0.05) is 12.1 Å². The lowest BCUT2D eigenvalue weighted by molar-refractivity contribution is -0.00610. The molecule has 1 rings (SSSR count). The Morgan fingerprint density at radius 2 is 2.18 bits per heavy atom. The van der Waals surface area contributed by atoms with Crippen LogP contribution in [0.5, 0.6) is 0 Å². The monoisotopic (exact) mass is 243 g/mol. The van der Waals surface area contributed by atoms with E-state index in [1.54, 1.807) is 0 Å². The van der Waals surface area contributed by atoms with Gasteiger partial charge in [0.05, 0.1) is 12.2 Å². The highest BCUT2D eigenvalue weighted by Crippen LogP contribution is 2.26. The highest BCUT2D eigenvalue weighted by atomic mass is 16.5. The molecule has 102 valence electrons. The molecule has 0 aliphatic carbocycles. The van der Waals surface area contributed by atoms with E-state index in [1.165, 1.54) is 12.8 Å². The molecule has 0 amide bonds. The van der Waals surface area contributed by atoms with E-state index in [4.69, 9.17) is 4.74 Å². The molecular formula is C14H29NO2. The second-order valence-corrected chi connectivity index (χ2v) is 5.69. The lowest BCUT2D eigenvalue weighted by Crippen LogP contribution is -2.50. The summed E-state index contributed by atoms with van der Waals surface area (Å²) in [7, 11) is 4.10. The van der Waals surface area contributed by atoms with E-state index in [9.17, 15) is 5.11 Å². The predicted molar refractivity (Wildman–Crippen MR) is 71.2 cm³/mol. The molecular weight excluding hydrogens is 214 g/mol. The van der Waals surface area contributed by atoms with E-state index in [0.29, 0.717) is 6.10 Å². The zero-order valence-electron chi connectivity index (χ0n) is 11.9. The van der Waals surface area contributed by atoms with E-state index in [1.807, 2.05) is 14.1 Å². The Labute approximate surface area is 106 Å². The number of hydrogen-bond acceptors (Lipinski definition) is 3. The minimum Gasteiger partial charge on any atom is -0.391 e. The van der Waals surface area contributed by atoms with Crippen LogP contribution in [0.15, 0.2) is 0 Å². The van der Waals surface area contributed by atoms with Crippen LogP contribution in [0.1, 0.15) is 52.4 Å². The number of rotatable bonds is 7. The van der Waals surface area contributed by atoms with Crippen molar-refractivity contribution < 1.29 is 9.84 Å². The molecule has 0 spiro atoms. The molecule has 3 atom stereocenters. The molecule has 3 nitrogen and oxygen atoms in total. The van der Waals surface area contributed by atoms with Crippen LogP contribution in [0.2, 0.25) is 0 Å². The highest BCUT2D eigenvalue weighted by molar-refractivity contribution is 4.89. The van der Waals surface area contributed by atoms with E-state index in [2.05, 4.69) is 18.7 Å². The quantitative estimate of drug-likeness (QED) is 0.745. The van der Waals surface area contributed by atoms with Gasteiger partial charge in [-0.2, -0.15) is 0 Å². The summed E-state index contributed by atoms with van der Waals surface area (Å²) >= 11 is 0. The van der Waals surface area contributed by atoms with Gasteiger partial charge in [-0.1, -0.05) is 6.92 Å². The molecule has 0 saturated carbocycles. The van der Waals surface area contributed by atoms with Gasteiger partial charge in [-0.3, -0.25) is 0 Å². The Morgan fingerprint density at radius 1 is 1.47 bits per heavy atom. The van der Waals surface area contributed by atoms with Crippen molar-refractivity contribution in [2.45, 2.75) is 70.1 Å². The SMILES string of the molecule is CCC(C)(C(O)CCCC1CCCO1)N(C)C. The maximum absolute atomic E-state index is 10.3. The summed E-state index contributed by atoms with van der Waals surface area (Å²) in [5.74, 6) is 0. The Hall–Kier alpha value is -0.120. The zero-order chi connectivity index (χ0) is 12.9. The number of nitrogens with zero attached hydrogens (tertiary/aromatic N) is 1. The lowest BCUT2D eigenvalue weighted by atomic mass is 9.87. The van der Waals surface area contributed by atoms with Crippen LogP contribution in [-0.4, -0.2) is 48.5 Å². The molecule has 0 radical (unpaired) electrons. The van der Waals surface area contributed by atoms with Crippen LogP contribution in [0.3, 0.4) is 0 Å². The van der Waals surface area contributed by atoms with Crippen molar-refractivity contribution in [1.82, 2.24) is 4.90 Å². The third-order valence-electron chi connectivity index (χ3n) is 4.48. The molecule has 1 saturated heterocycles. The topological polar surface area (TPSA) is 32.7 Å². The minimum atomic E-state index is -0.246. The van der Waals surface area contributed by atoms with E-state index in [0.717, 1.165) is 32.3 Å². The highest BCUT2D eigenvalue weighted by Gasteiger charge is 2.33. The third kappa shape index (κ3) is 3.94. The summed E-state index contributed by atoms with van der Waals surface area (Å²) < 4.78 is 5.60. The summed E-state index contributed by atoms with van der Waals surface area (Å²) in [6, 6.07) is 0. The Kier molecular flexibility index (Phi) is 5.90. The number of likely N-dealkylation sites (N-methyl/N-ethyl adjacent to an activating group) is 1. The molecule has 1 N–H and O–H groups in total. The van der Waals surface area contributed by atoms with Crippen LogP contribution >= 0.6 is 0 Å². The fourth-order valence-electron chi connectivity index (χ4n) is 2.57. The Morgan fingerprint density at radius 3 is 2.65 bits per heavy atom. The number of hydrogen-bond donors (Lipinski definition) is 1. The van der Waals surface area contributed by atoms with Crippen molar-refractivity contribution in [2.75, 3.05) is 20.7 Å². The van der Waals surface area contributed by atoms with Gasteiger partial charge in [0.1, 0.15) is 0 Å². The summed E-state index contributed by atoms with van der Waals surface area (Å²) in [5.41, 5.74) is -0.101. The van der Waals surface area contributed by atoms with Gasteiger partial charge in [0.15, 0.2) is 0 Å². The summed E-state index contributed by atoms with van der Waals surface area (Å²) in [6.45, 7) is 5.21. The van der Waals surface area contributed by atoms with Gasteiger partial charge < -0.3 is 14.7 Å². The normalized spacial score (nSPS) is 26.1. The first-order valence-corrected chi connectivity index (χ1v) is 6.97. The van der Waals surface area contributed by atoms with Crippen molar-refractivity contribution in [3.05, 3.63) is 0 Å². The second-order valence-electron chi connectivity index (χ2n) is 5.69. The smallest absolute Gasteiger partial charge is 0.0720 e. The van der Waals surface area contributed by atoms with Gasteiger partial charge >= 0.3 is 0 Å². The molecule has 1 aliphatic heterocycles. The molecule has 1 fully saturated rings. The van der Waals surface area contributed by atoms with Crippen molar-refractivity contribution in [1.29, 1.82) is 0 Å². The molecule has 0 aromatic heterocycles. The van der Waals surface area contributed by atoms with Gasteiger partial charge in [0.2, 0.25) is 0 Å². The molecule has 0 aromatic carbocycles. The molecule has 0 bridgehead atoms. The van der Waals surface area contributed by atoms with Crippen molar-refractivity contribution in [3.63, 3.8) is 0 Å². The van der Waals surface area contributed by atoms with Crippen LogP contribution in [0.25, 0.3) is 0 Å². The predicted octanol–water partition coefficient (Wildman–Crippen LogP) is 2.43. The number of aliphatic hydroxyl groups is 1. The second kappa shape index (κ2) is 6.72. The minimum absolute atomic E-state index is 0.101. The lowest BCUT2D eigenvalue weighted by Gasteiger charge is -2.40. The zero-order valence-corrected chi connectivity index (χ0v) is 11.9. The summed E-state index contributed by atoms with van der Waals surface area (Å²) in [6.07, 6.45) is 6.63. The first-order valence-electron chi connectivity index (χ1n) is 6.97. The number of aliphatic hydroxyl groups excluding tert-OH is 1. The van der Waals surface area contributed by atoms with Crippen LogP contribution in [0.4, 0.5) is 0 Å². The fraction of sp³-hybridized carbons (Fsp3) is 1.00. The van der Waals surface area contributed by atoms with Crippen molar-refractivity contribution in [3.8, 4) is 0 Å². The molecule has 3 unspecified atom stereocenters. The third-order valence-corrected chi connectivity index (χ3v) is 4.48. The van der Waals surface area contributed by atoms with E-state index in [-0.39, 0.29) is 11.6 Å². The maximum Gasteiger partial charge on any atom is 0.0720 e. The maximum atomic E-state index is 10.3. The average Bonchev–Trinajstić information content (AvgIpc) is 2.80. The number of ether oxygens (including phenoxy) is 1. The molecule has 17 heavy (non-hydrogen) atoms. The first kappa shape index (κ1) is 14.9. The van der Waals surface area contributed by atoms with Crippen LogP contribution in [-0.2, 0) is 4.74 Å². The van der Waals surface area contributed by atoms with Crippen LogP contribution in [0, 0.1) is 0 Å². The standard InChI is InChI=1S/C14H29NO2/c1-5-14(2,15(3)4)13(16)10-6-8-12-9-7-11-17-12/h12-13,16H,5-11H2,1-4H3. The van der Waals surface area contributed by atoms with Gasteiger partial charge in [0.25, 0.3) is 0 Å². The van der Waals surface area contributed by atoms with E-state index < -0.39 is 0 Å². The van der Waals surface area contributed by atoms with Gasteiger partial charge in [-0.05, 0) is 59.5 Å². The van der Waals surface area contributed by atoms with E-state index >= 15 is 0 Å². The van der Waals surface area contributed by atoms with Gasteiger partial charge in [-0.15, -0.1) is 0 Å². The average molecular weight is 243 g/mol. The molecule has 3 heteroatoms. The fourth-order valence-corrected chi connectivity index (χ4v) is 2.57. The van der Waals surface area contributed by atoms with Gasteiger partial charge in [-0.25, -0.2) is 0 Å². The summed E-state index contributed by atoms with van der Waals surface area (Å²) in [5, 5.41) is 10.3. The van der Waals surface area contributed by atoms with Crippen molar-refractivity contribution in [2.24, 2.45) is 0 Å². The Bertz CT molecular complexity index is 214. The van der Waals surface area contributed by atoms with Crippen molar-refractivity contribution >= 4 is 0 Å². The molecule has 1 aliphatic rings. The summed E-state index contributed by atoms with van der Waals surface area (Å²) in [4.78, 5) is 2.14. The Balaban J connectivity index is 2.29. The first-order chi connectivity index (χ1) is 8.00. The largest absolute Gasteiger partial charge is 0.391 e. The molecule has 0 aromatic rings.